The van der Waals surface area contributed by atoms with E-state index in [1.807, 2.05) is 12.1 Å². The van der Waals surface area contributed by atoms with Crippen LogP contribution >= 0.6 is 23.5 Å². The van der Waals surface area contributed by atoms with E-state index in [1.165, 1.54) is 0 Å². The number of nitriles is 2. The first-order chi connectivity index (χ1) is 44.1. The molecule has 2 saturated carbocycles. The maximum atomic E-state index is 13.9. The van der Waals surface area contributed by atoms with Crippen molar-refractivity contribution < 1.29 is 100 Å². The van der Waals surface area contributed by atoms with Gasteiger partial charge in [0.25, 0.3) is 0 Å². The number of rotatable bonds is 31. The molecule has 23 nitrogen and oxygen atoms in total. The van der Waals surface area contributed by atoms with E-state index in [-0.39, 0.29) is 75.8 Å². The van der Waals surface area contributed by atoms with Crippen molar-refractivity contribution in [2.24, 2.45) is 23.7 Å². The highest BCUT2D eigenvalue weighted by molar-refractivity contribution is 8.24. The first-order valence-electron chi connectivity index (χ1n) is 30.1. The fraction of sp³-hybridized carbons (Fsp3) is 0.463. The third-order valence-electron chi connectivity index (χ3n) is 15.1. The molecule has 0 radical (unpaired) electrons. The van der Waals surface area contributed by atoms with Gasteiger partial charge in [0, 0.05) is 25.0 Å². The minimum absolute atomic E-state index is 0.0109. The molecular weight excluding hydrogens is 1230 g/mol. The number of carbonyl (C=O) groups is 10. The smallest absolute Gasteiger partial charge is 0.330 e. The molecule has 3 atom stereocenters. The van der Waals surface area contributed by atoms with Gasteiger partial charge in [0.2, 0.25) is 0 Å². The molecule has 3 unspecified atom stereocenters. The summed E-state index contributed by atoms with van der Waals surface area (Å²) in [6, 6.07) is 17.3. The van der Waals surface area contributed by atoms with Crippen LogP contribution in [0.2, 0.25) is 0 Å². The molecule has 490 valence electrons. The van der Waals surface area contributed by atoms with Crippen LogP contribution in [0.15, 0.2) is 93.4 Å². The van der Waals surface area contributed by atoms with Crippen molar-refractivity contribution in [3.8, 4) is 35.1 Å². The zero-order valence-corrected chi connectivity index (χ0v) is 53.6. The van der Waals surface area contributed by atoms with Gasteiger partial charge in [0.05, 0.1) is 88.8 Å². The fourth-order valence-corrected chi connectivity index (χ4v) is 12.4. The van der Waals surface area contributed by atoms with E-state index in [9.17, 15) is 58.5 Å². The van der Waals surface area contributed by atoms with Gasteiger partial charge in [0.15, 0.2) is 0 Å². The summed E-state index contributed by atoms with van der Waals surface area (Å²) in [5, 5.41) is 19.6. The first kappa shape index (κ1) is 72.3. The molecule has 0 amide bonds. The van der Waals surface area contributed by atoms with Crippen LogP contribution in [0.5, 0.6) is 23.0 Å². The maximum Gasteiger partial charge on any atom is 0.330 e. The fourth-order valence-electron chi connectivity index (χ4n) is 9.80. The second-order valence-corrected chi connectivity index (χ2v) is 24.4. The molecule has 3 aromatic rings. The highest BCUT2D eigenvalue weighted by Crippen LogP contribution is 2.61. The summed E-state index contributed by atoms with van der Waals surface area (Å²) in [7, 11) is 0. The van der Waals surface area contributed by atoms with Crippen molar-refractivity contribution in [1.82, 2.24) is 0 Å². The summed E-state index contributed by atoms with van der Waals surface area (Å²) in [6.45, 7) is 14.9. The van der Waals surface area contributed by atoms with Gasteiger partial charge < -0.3 is 52.1 Å². The Balaban J connectivity index is 0.915. The predicted molar refractivity (Wildman–Crippen MR) is 329 cm³/mol. The van der Waals surface area contributed by atoms with Crippen molar-refractivity contribution in [3.05, 3.63) is 106 Å². The van der Waals surface area contributed by atoms with Gasteiger partial charge in [-0.25, -0.2) is 9.59 Å². The zero-order chi connectivity index (χ0) is 66.9. The van der Waals surface area contributed by atoms with Gasteiger partial charge in [-0.05, 0) is 133 Å². The molecule has 1 aliphatic heterocycles. The Morgan fingerprint density at radius 3 is 1.20 bits per heavy atom. The van der Waals surface area contributed by atoms with Crippen LogP contribution < -0.4 is 18.9 Å². The molecule has 0 spiro atoms. The molecule has 92 heavy (non-hydrogen) atoms. The summed E-state index contributed by atoms with van der Waals surface area (Å²) in [4.78, 5) is 126. The van der Waals surface area contributed by atoms with Gasteiger partial charge in [-0.3, -0.25) is 38.4 Å². The van der Waals surface area contributed by atoms with E-state index >= 15 is 0 Å². The topological polar surface area (TPSA) is 320 Å². The molecule has 3 aliphatic rings. The van der Waals surface area contributed by atoms with Crippen LogP contribution in [0.1, 0.15) is 120 Å². The third kappa shape index (κ3) is 22.6. The lowest BCUT2D eigenvalue weighted by atomic mass is 9.82. The second-order valence-electron chi connectivity index (χ2n) is 22.1. The van der Waals surface area contributed by atoms with Gasteiger partial charge in [0.1, 0.15) is 66.6 Å². The molecule has 1 heterocycles. The lowest BCUT2D eigenvalue weighted by Gasteiger charge is -2.27. The largest absolute Gasteiger partial charge is 0.465 e. The minimum Gasteiger partial charge on any atom is -0.465 e. The standard InChI is InChI=1S/C67H74N2O21S2/c1-8-53(70)82-36-39(3)85-40(4)37-84-57(74)27-26-55(72)80-32-30-44-10-22-51(23-11-44)87-63(76)46-14-18-48(19-15-46)65(78)89-59-42(6)43(7)60(62-61(59)91-67(92-62)50(34-68)35-69)90-66(79)49-20-16-47(17-21-49)64(77)88-52-24-12-45(13-25-52)31-33-81-56(73)28-29-58(75)86-41(5)38-83-54(71)9-2/h8-13,22-25,39-41,46-49H,1-2,14-21,26-33,36-38H2,3-7H3. The third-order valence-corrected chi connectivity index (χ3v) is 17.7. The number of hydrogen-bond acceptors (Lipinski definition) is 25. The summed E-state index contributed by atoms with van der Waals surface area (Å²) in [6.07, 6.45) is 3.14. The number of esters is 10. The average Bonchev–Trinajstić information content (AvgIpc) is 1.55. The van der Waals surface area contributed by atoms with E-state index in [0.29, 0.717) is 101 Å². The minimum atomic E-state index is -0.701. The number of hydrogen-bond donors (Lipinski definition) is 0. The lowest BCUT2D eigenvalue weighted by Crippen LogP contribution is -2.31. The number of allylic oxidation sites excluding steroid dienone is 1. The normalized spacial score (nSPS) is 17.4. The molecule has 25 heteroatoms. The molecule has 2 fully saturated rings. The van der Waals surface area contributed by atoms with Gasteiger partial charge >= 0.3 is 59.7 Å². The van der Waals surface area contributed by atoms with E-state index < -0.39 is 102 Å². The predicted octanol–water partition coefficient (Wildman–Crippen LogP) is 9.85. The van der Waals surface area contributed by atoms with Crippen molar-refractivity contribution in [2.45, 2.75) is 153 Å². The molecule has 0 saturated heterocycles. The molecule has 6 rings (SSSR count). The van der Waals surface area contributed by atoms with Crippen molar-refractivity contribution >= 4 is 83.2 Å². The first-order valence-corrected chi connectivity index (χ1v) is 31.7. The SMILES string of the molecule is C=CC(=O)OCC(C)OC(=O)CCC(=O)OCCc1ccc(OC(=O)C2CCC(C(=O)Oc3c(C)c(C)c(OC(=O)C4CCC(C(=O)Oc5ccc(CCOC(=O)CCC(=O)OCC(C)OC(C)COC(=O)C=C)cc5)CC4)c4c3SC(=C(C#N)C#N)S4)CC2)cc1. The van der Waals surface area contributed by atoms with Crippen LogP contribution in [-0.4, -0.2) is 111 Å². The van der Waals surface area contributed by atoms with E-state index in [2.05, 4.69) is 13.2 Å². The highest BCUT2D eigenvalue weighted by Gasteiger charge is 2.39. The Labute approximate surface area is 541 Å². The molecule has 0 aromatic heterocycles. The number of nitrogens with zero attached hydrogens (tertiary/aromatic N) is 2. The molecule has 2 aliphatic carbocycles. The average molecular weight is 1310 g/mol. The summed E-state index contributed by atoms with van der Waals surface area (Å²) in [5.74, 6) is -6.61. The van der Waals surface area contributed by atoms with Crippen molar-refractivity contribution in [2.75, 3.05) is 33.0 Å². The Hall–Kier alpha value is -8.78. The molecular formula is C67H74N2O21S2. The molecule has 0 bridgehead atoms. The van der Waals surface area contributed by atoms with Gasteiger partial charge in [-0.2, -0.15) is 10.5 Å². The maximum absolute atomic E-state index is 13.9. The van der Waals surface area contributed by atoms with Crippen molar-refractivity contribution in [3.63, 3.8) is 0 Å². The summed E-state index contributed by atoms with van der Waals surface area (Å²) >= 11 is 2.14. The number of ether oxygens (including phenoxy) is 11. The highest BCUT2D eigenvalue weighted by atomic mass is 32.2. The number of benzene rings is 3. The van der Waals surface area contributed by atoms with Crippen LogP contribution in [0, 0.1) is 60.2 Å². The number of fused-ring (bicyclic) bond motifs is 1. The lowest BCUT2D eigenvalue weighted by molar-refractivity contribution is -0.157. The molecule has 0 N–H and O–H groups in total. The Kier molecular flexibility index (Phi) is 28.5. The van der Waals surface area contributed by atoms with Crippen LogP contribution in [0.3, 0.4) is 0 Å². The number of thioether (sulfide) groups is 2. The van der Waals surface area contributed by atoms with E-state index in [1.54, 1.807) is 83.1 Å². The van der Waals surface area contributed by atoms with Crippen molar-refractivity contribution in [1.29, 1.82) is 10.5 Å². The Bertz CT molecular complexity index is 3310. The molecule has 3 aromatic carbocycles. The van der Waals surface area contributed by atoms with Gasteiger partial charge in [-0.1, -0.05) is 60.9 Å². The number of carbonyl (C=O) groups excluding carboxylic acids is 10. The van der Waals surface area contributed by atoms with E-state index in [0.717, 1.165) is 46.8 Å². The van der Waals surface area contributed by atoms with Crippen LogP contribution in [-0.2, 0) is 93.9 Å². The Morgan fingerprint density at radius 1 is 0.489 bits per heavy atom. The zero-order valence-electron chi connectivity index (χ0n) is 51.9. The summed E-state index contributed by atoms with van der Waals surface area (Å²) < 4.78 is 60.2. The van der Waals surface area contributed by atoms with Gasteiger partial charge in [-0.15, -0.1) is 0 Å². The van der Waals surface area contributed by atoms with Crippen LogP contribution in [0.25, 0.3) is 0 Å². The van der Waals surface area contributed by atoms with E-state index in [4.69, 9.17) is 52.1 Å². The van der Waals surface area contributed by atoms with Crippen LogP contribution in [0.4, 0.5) is 0 Å². The second kappa shape index (κ2) is 36.3. The monoisotopic (exact) mass is 1310 g/mol. The quantitative estimate of drug-likeness (QED) is 0.0190. The summed E-state index contributed by atoms with van der Waals surface area (Å²) in [5.41, 5.74) is 2.45. The Morgan fingerprint density at radius 2 is 0.826 bits per heavy atom.